The molecule has 0 saturated carbocycles. The summed E-state index contributed by atoms with van der Waals surface area (Å²) in [5.41, 5.74) is -15.8. The van der Waals surface area contributed by atoms with Gasteiger partial charge in [-0.1, -0.05) is 0 Å². The molecule has 0 spiro atoms. The Morgan fingerprint density at radius 1 is 0.500 bits per heavy atom. The molecule has 32 heavy (non-hydrogen) atoms. The minimum atomic E-state index is -5.78. The van der Waals surface area contributed by atoms with E-state index in [9.17, 15) is 62.9 Å². The molecule has 0 unspecified atom stereocenters. The van der Waals surface area contributed by atoms with E-state index in [2.05, 4.69) is 0 Å². The van der Waals surface area contributed by atoms with E-state index in [1.54, 1.807) is 0 Å². The van der Waals surface area contributed by atoms with Crippen molar-refractivity contribution in [1.82, 2.24) is 0 Å². The molecule has 0 saturated heterocycles. The molecular formula is C18H10F12O2. The Kier molecular flexibility index (Phi) is 5.87. The summed E-state index contributed by atoms with van der Waals surface area (Å²) in [4.78, 5) is 0. The van der Waals surface area contributed by atoms with Crippen molar-refractivity contribution in [3.05, 3.63) is 45.5 Å². The average molecular weight is 486 g/mol. The van der Waals surface area contributed by atoms with Crippen molar-refractivity contribution in [3.63, 3.8) is 0 Å². The molecule has 0 atom stereocenters. The highest BCUT2D eigenvalue weighted by atomic mass is 19.4. The van der Waals surface area contributed by atoms with Gasteiger partial charge < -0.3 is 10.2 Å². The molecule has 2 N–H and O–H groups in total. The van der Waals surface area contributed by atoms with Gasteiger partial charge in [0.2, 0.25) is 0 Å². The summed E-state index contributed by atoms with van der Waals surface area (Å²) in [7, 11) is 0. The number of hydrogen-bond donors (Lipinski definition) is 2. The van der Waals surface area contributed by atoms with Gasteiger partial charge in [-0.25, -0.2) is 0 Å². The zero-order valence-corrected chi connectivity index (χ0v) is 15.6. The number of halogens is 12. The second kappa shape index (κ2) is 7.37. The lowest BCUT2D eigenvalue weighted by molar-refractivity contribution is -0.143. The molecule has 0 fully saturated rings. The lowest BCUT2D eigenvalue weighted by Gasteiger charge is -2.24. The normalized spacial score (nSPS) is 13.6. The average Bonchev–Trinajstić information content (AvgIpc) is 2.54. The van der Waals surface area contributed by atoms with E-state index >= 15 is 0 Å². The minimum absolute atomic E-state index is 0.398. The summed E-state index contributed by atoms with van der Waals surface area (Å²) in [6.45, 7) is 0.797. The van der Waals surface area contributed by atoms with Crippen LogP contribution in [-0.2, 0) is 24.7 Å². The molecule has 0 radical (unpaired) electrons. The van der Waals surface area contributed by atoms with Gasteiger partial charge in [-0.15, -0.1) is 0 Å². The van der Waals surface area contributed by atoms with Crippen LogP contribution in [0.2, 0.25) is 0 Å². The molecule has 0 aromatic heterocycles. The molecule has 0 amide bonds. The van der Waals surface area contributed by atoms with E-state index in [1.807, 2.05) is 0 Å². The lowest BCUT2D eigenvalue weighted by atomic mass is 9.87. The first-order valence-electron chi connectivity index (χ1n) is 8.12. The Morgan fingerprint density at radius 3 is 0.938 bits per heavy atom. The van der Waals surface area contributed by atoms with Crippen LogP contribution in [0.4, 0.5) is 52.7 Å². The van der Waals surface area contributed by atoms with Crippen LogP contribution in [0, 0.1) is 13.8 Å². The van der Waals surface area contributed by atoms with Gasteiger partial charge >= 0.3 is 24.7 Å². The van der Waals surface area contributed by atoms with Gasteiger partial charge in [0.05, 0.1) is 11.1 Å². The van der Waals surface area contributed by atoms with Crippen molar-refractivity contribution in [1.29, 1.82) is 0 Å². The quantitative estimate of drug-likeness (QED) is 0.411. The van der Waals surface area contributed by atoms with Crippen LogP contribution in [0.1, 0.15) is 33.4 Å². The maximum Gasteiger partial charge on any atom is 0.420 e. The fourth-order valence-electron chi connectivity index (χ4n) is 3.12. The standard InChI is InChI=1S/C18H10F12O2/c1-5-9(15(19,20)21)3-7(11(13(5)31)17(25,26)27)8-4-10(16(22,23)24)6(2)14(32)12(8)18(28,29)30/h3-4,31-32H,1-2H3. The summed E-state index contributed by atoms with van der Waals surface area (Å²) in [6, 6.07) is -0.894. The summed E-state index contributed by atoms with van der Waals surface area (Å²) in [5, 5.41) is 19.6. The van der Waals surface area contributed by atoms with Crippen LogP contribution < -0.4 is 0 Å². The molecule has 14 heteroatoms. The second-order valence-corrected chi connectivity index (χ2v) is 6.63. The number of hydrogen-bond acceptors (Lipinski definition) is 2. The number of alkyl halides is 12. The summed E-state index contributed by atoms with van der Waals surface area (Å²) in [5.74, 6) is -4.24. The molecule has 2 aromatic rings. The van der Waals surface area contributed by atoms with Crippen molar-refractivity contribution >= 4 is 0 Å². The zero-order valence-electron chi connectivity index (χ0n) is 15.6. The zero-order chi connectivity index (χ0) is 25.2. The Morgan fingerprint density at radius 2 is 0.750 bits per heavy atom. The summed E-state index contributed by atoms with van der Waals surface area (Å²) >= 11 is 0. The van der Waals surface area contributed by atoms with Crippen molar-refractivity contribution < 1.29 is 62.9 Å². The topological polar surface area (TPSA) is 40.5 Å². The first kappa shape index (κ1) is 25.5. The van der Waals surface area contributed by atoms with Gasteiger partial charge in [0.25, 0.3) is 0 Å². The largest absolute Gasteiger partial charge is 0.507 e. The van der Waals surface area contributed by atoms with Gasteiger partial charge in [-0.05, 0) is 37.1 Å². The molecule has 0 heterocycles. The highest BCUT2D eigenvalue weighted by Crippen LogP contribution is 2.53. The fraction of sp³-hybridized carbons (Fsp3) is 0.333. The number of phenolic OH excluding ortho intramolecular Hbond substituents is 2. The van der Waals surface area contributed by atoms with Crippen LogP contribution in [0.5, 0.6) is 11.5 Å². The highest BCUT2D eigenvalue weighted by Gasteiger charge is 2.47. The van der Waals surface area contributed by atoms with E-state index in [0.29, 0.717) is 13.8 Å². The number of benzene rings is 2. The molecule has 2 rings (SSSR count). The lowest BCUT2D eigenvalue weighted by Crippen LogP contribution is -2.17. The number of aromatic hydroxyl groups is 2. The maximum absolute atomic E-state index is 13.5. The molecule has 178 valence electrons. The van der Waals surface area contributed by atoms with Crippen molar-refractivity contribution in [2.75, 3.05) is 0 Å². The Labute approximate surface area is 170 Å². The fourth-order valence-corrected chi connectivity index (χ4v) is 3.12. The third kappa shape index (κ3) is 4.39. The van der Waals surface area contributed by atoms with E-state index in [1.165, 1.54) is 0 Å². The Bertz CT molecular complexity index is 971. The van der Waals surface area contributed by atoms with E-state index in [4.69, 9.17) is 0 Å². The third-order valence-corrected chi connectivity index (χ3v) is 4.58. The van der Waals surface area contributed by atoms with E-state index in [0.717, 1.165) is 0 Å². The third-order valence-electron chi connectivity index (χ3n) is 4.58. The number of phenols is 2. The monoisotopic (exact) mass is 486 g/mol. The predicted octanol–water partition coefficient (Wildman–Crippen LogP) is 7.46. The van der Waals surface area contributed by atoms with E-state index < -0.39 is 92.8 Å². The van der Waals surface area contributed by atoms with Crippen molar-refractivity contribution in [2.24, 2.45) is 0 Å². The molecule has 2 nitrogen and oxygen atoms in total. The maximum atomic E-state index is 13.5. The van der Waals surface area contributed by atoms with Gasteiger partial charge in [0.15, 0.2) is 0 Å². The summed E-state index contributed by atoms with van der Waals surface area (Å²) in [6.07, 6.45) is -22.5. The van der Waals surface area contributed by atoms with Gasteiger partial charge in [-0.3, -0.25) is 0 Å². The van der Waals surface area contributed by atoms with Gasteiger partial charge in [0.1, 0.15) is 22.6 Å². The van der Waals surface area contributed by atoms with Crippen LogP contribution in [0.25, 0.3) is 11.1 Å². The molecular weight excluding hydrogens is 476 g/mol. The predicted molar refractivity (Wildman–Crippen MR) is 84.7 cm³/mol. The van der Waals surface area contributed by atoms with E-state index in [-0.39, 0.29) is 0 Å². The first-order chi connectivity index (χ1) is 14.1. The van der Waals surface area contributed by atoms with Crippen LogP contribution in [0.15, 0.2) is 12.1 Å². The van der Waals surface area contributed by atoms with Crippen LogP contribution >= 0.6 is 0 Å². The van der Waals surface area contributed by atoms with Gasteiger partial charge in [-0.2, -0.15) is 52.7 Å². The Hall–Kier alpha value is -2.80. The Balaban J connectivity index is 3.25. The van der Waals surface area contributed by atoms with Crippen LogP contribution in [-0.4, -0.2) is 10.2 Å². The number of rotatable bonds is 1. The highest BCUT2D eigenvalue weighted by molar-refractivity contribution is 5.79. The SMILES string of the molecule is Cc1c(C(F)(F)F)cc(-c2cc(C(F)(F)F)c(C)c(O)c2C(F)(F)F)c(C(F)(F)F)c1O. The smallest absolute Gasteiger partial charge is 0.420 e. The molecule has 0 aliphatic carbocycles. The minimum Gasteiger partial charge on any atom is -0.507 e. The first-order valence-corrected chi connectivity index (χ1v) is 8.12. The van der Waals surface area contributed by atoms with Crippen LogP contribution in [0.3, 0.4) is 0 Å². The van der Waals surface area contributed by atoms with Gasteiger partial charge in [0, 0.05) is 11.1 Å². The molecule has 0 bridgehead atoms. The molecule has 0 aliphatic rings. The molecule has 2 aromatic carbocycles. The van der Waals surface area contributed by atoms with Crippen molar-refractivity contribution in [3.8, 4) is 22.6 Å². The molecule has 0 aliphatic heterocycles. The van der Waals surface area contributed by atoms with Crippen molar-refractivity contribution in [2.45, 2.75) is 38.6 Å². The summed E-state index contributed by atoms with van der Waals surface area (Å²) < 4.78 is 161. The second-order valence-electron chi connectivity index (χ2n) is 6.63.